The molecule has 131 heavy (non-hydrogen) atoms. The third kappa shape index (κ3) is 20.4. The number of halogens is 13. The van der Waals surface area contributed by atoms with E-state index < -0.39 is 52.8 Å². The average Bonchev–Trinajstić information content (AvgIpc) is 1.63. The smallest absolute Gasteiger partial charge is 0.262 e. The molecule has 0 bridgehead atoms. The van der Waals surface area contributed by atoms with Crippen molar-refractivity contribution in [3.05, 3.63) is 214 Å². The Morgan fingerprint density at radius 2 is 0.763 bits per heavy atom. The number of ether oxygens (including phenoxy) is 12. The number of fused-ring (bicyclic) bond motifs is 9. The van der Waals surface area contributed by atoms with Crippen molar-refractivity contribution < 1.29 is 99.6 Å². The number of aryl methyl sites for hydroxylation is 3. The molecule has 1 N–H and O–H groups in total. The molecule has 26 nitrogen and oxygen atoms in total. The van der Waals surface area contributed by atoms with E-state index >= 15 is 0 Å². The predicted molar refractivity (Wildman–Crippen MR) is 502 cm³/mol. The molecule has 5 fully saturated rings. The molecule has 9 atom stereocenters. The lowest BCUT2D eigenvalue weighted by atomic mass is 9.78. The first kappa shape index (κ1) is 95.5. The summed E-state index contributed by atoms with van der Waals surface area (Å²) < 4.78 is 91.5. The highest BCUT2D eigenvalue weighted by Crippen LogP contribution is 2.52. The van der Waals surface area contributed by atoms with Crippen LogP contribution in [-0.4, -0.2) is 155 Å². The number of aromatic nitrogens is 3. The number of carbonyl (C=O) groups is 5. The molecule has 14 aliphatic rings. The number of nitrogens with zero attached hydrogens (tertiary/aromatic N) is 5. The highest BCUT2D eigenvalue weighted by atomic mass is 79.9. The Morgan fingerprint density at radius 3 is 1.19 bits per heavy atom. The van der Waals surface area contributed by atoms with Crippen LogP contribution in [-0.2, 0) is 129 Å². The number of hydrogen-bond donors (Lipinski definition) is 1. The van der Waals surface area contributed by atoms with Crippen molar-refractivity contribution in [1.29, 1.82) is 0 Å². The second kappa shape index (κ2) is 40.0. The van der Waals surface area contributed by atoms with E-state index in [4.69, 9.17) is 152 Å². The van der Waals surface area contributed by atoms with Crippen LogP contribution in [0.15, 0.2) is 118 Å². The van der Waals surface area contributed by atoms with Gasteiger partial charge in [-0.15, -0.1) is 0 Å². The van der Waals surface area contributed by atoms with Crippen LogP contribution in [0.1, 0.15) is 161 Å². The molecule has 39 heteroatoms. The van der Waals surface area contributed by atoms with Gasteiger partial charge in [-0.2, -0.15) is 0 Å². The van der Waals surface area contributed by atoms with Gasteiger partial charge in [-0.25, -0.2) is 0 Å². The molecule has 23 rings (SSSR count). The number of likely N-dealkylation sites (N-methyl/N-ethyl adjacent to an activating group) is 1. The molecule has 3 saturated heterocycles. The van der Waals surface area contributed by atoms with E-state index in [0.29, 0.717) is 199 Å². The second-order valence-corrected chi connectivity index (χ2v) is 42.4. The fraction of sp³-hybridized carbons (Fsp3) is 0.446. The van der Waals surface area contributed by atoms with Gasteiger partial charge in [0.15, 0.2) is 82.8 Å². The Kier molecular flexibility index (Phi) is 29.1. The number of benzene rings is 6. The molecule has 3 unspecified atom stereocenters. The van der Waals surface area contributed by atoms with Gasteiger partial charge in [0.1, 0.15) is 46.1 Å². The molecule has 0 amide bonds. The fourth-order valence-electron chi connectivity index (χ4n) is 19.3. The number of ketones is 4. The van der Waals surface area contributed by atoms with Crippen molar-refractivity contribution in [2.24, 2.45) is 17.0 Å². The van der Waals surface area contributed by atoms with E-state index in [9.17, 15) is 29.2 Å². The van der Waals surface area contributed by atoms with Crippen molar-refractivity contribution in [3.8, 4) is 34.5 Å². The van der Waals surface area contributed by atoms with Crippen molar-refractivity contribution in [2.45, 2.75) is 195 Å². The van der Waals surface area contributed by atoms with Crippen LogP contribution >= 0.6 is 177 Å². The third-order valence-corrected chi connectivity index (χ3v) is 30.7. The van der Waals surface area contributed by atoms with Crippen molar-refractivity contribution in [3.63, 3.8) is 0 Å². The van der Waals surface area contributed by atoms with Gasteiger partial charge >= 0.3 is 0 Å². The molecule has 5 aliphatic carbocycles. The highest BCUT2D eigenvalue weighted by molar-refractivity contribution is 9.11. The summed E-state index contributed by atoms with van der Waals surface area (Å²) in [6, 6.07) is 22.4. The van der Waals surface area contributed by atoms with Gasteiger partial charge < -0.3 is 80.5 Å². The maximum Gasteiger partial charge on any atom is 0.262 e. The summed E-state index contributed by atoms with van der Waals surface area (Å²) in [4.78, 5) is 63.2. The third-order valence-electron chi connectivity index (χ3n) is 25.6. The minimum absolute atomic E-state index is 0.0543. The van der Waals surface area contributed by atoms with E-state index in [-0.39, 0.29) is 47.9 Å². The summed E-state index contributed by atoms with van der Waals surface area (Å²) in [7, 11) is 4.26. The number of carbonyl (C=O) groups excluding carboxylic acids is 5. The van der Waals surface area contributed by atoms with E-state index in [1.807, 2.05) is 42.5 Å². The summed E-state index contributed by atoms with van der Waals surface area (Å²) in [5.74, 6) is 3.27. The topological polar surface area (TPSA) is 310 Å². The van der Waals surface area contributed by atoms with Gasteiger partial charge in [-0.3, -0.25) is 24.0 Å². The predicted octanol–water partition coefficient (Wildman–Crippen LogP) is 21.6. The molecular formula is C92H82Br6Cl7N5O21. The standard InChI is InChI=1S/C17H18BrClN2O2.C17H17BrClNO5.C17H15BrClNO4.C17H16BrClO5.C15H11BrClNO3.C9H5BrCl2O2/c1-21(2)11-3-4-14-12(8-11)17(23-20-14)15-6-9-5-10(19)7-13(18)16(9)22-15;18-12-7-10(19)5-9-6-14(25-16(9)12)15(21)11-8-17(23-3-4-24-17)2-1-13(11)20-22;18-12-7-10(19)5-9-6-14(23-15(9)12)16-11-8-17(21-3-4-22-17)2-1-13(11)20-24-16;18-12-7-10(19)5-9-6-14(24-16(9)12)15(21)11-8-17(2-1-13(11)20)22-3-4-23-17;16-11-5-8(17)3-7-4-13(20-14(7)11)15-10-6-9(19)1-2-12(10)18-21-15;10-6-3-5(11)1-4-2-7(9(12)13)14-8(4)6/h5,7,11,15H,3-4,6,8H2,1-2H3;5,7,11,14,22H,1-4,6,8H2;5,7,14H,1-4,6,8H2;5,7,11,14H,1-4,6,8H2;3,5,13H,1-2,4,6H2;1,3,7H,2H2/t11?,15-;11?,14-;14-;11?,14-;13-;7-/m000000/s1. The van der Waals surface area contributed by atoms with Crippen LogP contribution in [0.5, 0.6) is 34.5 Å². The highest BCUT2D eigenvalue weighted by Gasteiger charge is 2.53. The summed E-state index contributed by atoms with van der Waals surface area (Å²) in [5.41, 5.74) is 12.5. The lowest BCUT2D eigenvalue weighted by Gasteiger charge is -2.36. The fourth-order valence-corrected chi connectivity index (χ4v) is 25.2. The number of rotatable bonds is 9. The summed E-state index contributed by atoms with van der Waals surface area (Å²) in [6.07, 6.45) is 10.5. The summed E-state index contributed by atoms with van der Waals surface area (Å²) in [6.45, 7) is 3.34. The van der Waals surface area contributed by atoms with E-state index in [2.05, 4.69) is 135 Å². The Balaban J connectivity index is 0.000000106. The SMILES string of the molecule is CN(C)C1CCc2noc([C@@H]3Cc4cc(Cl)cc(Br)c4O3)c2C1.Clc1cc(Br)c2c(c1)C[C@@H](c1onc3c1CC1(CC3)OCCO1)O2.O=C(C1CC2(CCC1=NO)OCCO2)[C@@H]1Cc2cc(Cl)cc(Br)c2O1.O=C(Cl)[C@@H]1Cc2cc(Cl)cc(Br)c2O1.O=C1CCC2(CC1C(=O)[C@@H]1Cc3cc(Cl)cc(Br)c3O1)OCCO2.O=C1CCc2noc([C@@H]3Cc4cc(Cl)cc(Br)c4O3)c2C1. The Labute approximate surface area is 837 Å². The van der Waals surface area contributed by atoms with Crippen molar-refractivity contribution in [2.75, 3.05) is 53.7 Å². The van der Waals surface area contributed by atoms with Crippen LogP contribution < -0.4 is 28.4 Å². The zero-order valence-corrected chi connectivity index (χ0v) is 84.8. The van der Waals surface area contributed by atoms with Crippen molar-refractivity contribution >= 4 is 211 Å². The molecule has 3 spiro atoms. The average molecular weight is 2320 g/mol. The Bertz CT molecular complexity index is 6040. The molecule has 3 aromatic heterocycles. The zero-order valence-electron chi connectivity index (χ0n) is 70.0. The van der Waals surface area contributed by atoms with Crippen LogP contribution in [0.4, 0.5) is 0 Å². The minimum atomic E-state index is -0.774. The first-order valence-electron chi connectivity index (χ1n) is 42.7. The normalized spacial score (nSPS) is 24.3. The Hall–Kier alpha value is -5.80. The lowest BCUT2D eigenvalue weighted by molar-refractivity contribution is -0.191. The molecule has 9 aromatic rings. The first-order chi connectivity index (χ1) is 62.8. The van der Waals surface area contributed by atoms with E-state index in [1.165, 1.54) is 5.56 Å². The van der Waals surface area contributed by atoms with Crippen LogP contribution in [0, 0.1) is 11.8 Å². The molecule has 12 heterocycles. The molecule has 9 aliphatic heterocycles. The van der Waals surface area contributed by atoms with Gasteiger partial charge in [-0.05, 0) is 226 Å². The number of Topliss-reactive ketones (excluding diaryl/α,β-unsaturated/α-hetero) is 4. The van der Waals surface area contributed by atoms with Crippen LogP contribution in [0.3, 0.4) is 0 Å². The van der Waals surface area contributed by atoms with Gasteiger partial charge in [0.2, 0.25) is 0 Å². The quantitative estimate of drug-likeness (QED) is 0.0607. The van der Waals surface area contributed by atoms with E-state index in [1.54, 1.807) is 30.3 Å². The molecular weight excluding hydrogens is 2240 g/mol. The molecule has 6 aromatic carbocycles. The van der Waals surface area contributed by atoms with Crippen LogP contribution in [0.25, 0.3) is 0 Å². The van der Waals surface area contributed by atoms with Gasteiger partial charge in [0.25, 0.3) is 5.24 Å². The molecule has 0 radical (unpaired) electrons. The lowest BCUT2D eigenvalue weighted by Crippen LogP contribution is -2.46. The maximum atomic E-state index is 13.1. The van der Waals surface area contributed by atoms with Crippen LogP contribution in [0.2, 0.25) is 30.1 Å². The largest absolute Gasteiger partial charge is 0.481 e. The second-order valence-electron chi connectivity index (χ2n) is 34.3. The van der Waals surface area contributed by atoms with Gasteiger partial charge in [0, 0.05) is 189 Å². The number of oxime groups is 1. The van der Waals surface area contributed by atoms with Gasteiger partial charge in [0.05, 0.1) is 101 Å². The maximum absolute atomic E-state index is 13.1. The van der Waals surface area contributed by atoms with E-state index in [0.717, 1.165) is 151 Å². The zero-order chi connectivity index (χ0) is 91.8. The van der Waals surface area contributed by atoms with Gasteiger partial charge in [-0.1, -0.05) is 90.2 Å². The first-order valence-corrected chi connectivity index (χ1v) is 50.1. The Morgan fingerprint density at radius 1 is 0.412 bits per heavy atom. The summed E-state index contributed by atoms with van der Waals surface area (Å²) >= 11 is 62.3. The molecule has 2 saturated carbocycles. The summed E-state index contributed by atoms with van der Waals surface area (Å²) in [5, 5.41) is 28.7. The molecule has 692 valence electrons. The van der Waals surface area contributed by atoms with Crippen molar-refractivity contribution in [1.82, 2.24) is 20.4 Å². The minimum Gasteiger partial charge on any atom is -0.481 e. The monoisotopic (exact) mass is 2310 g/mol. The number of hydrogen-bond acceptors (Lipinski definition) is 26.